The molecule has 1 amide bonds. The van der Waals surface area contributed by atoms with Crippen LogP contribution in [0.15, 0.2) is 47.6 Å². The van der Waals surface area contributed by atoms with Crippen LogP contribution in [0.5, 0.6) is 11.5 Å². The molecule has 1 N–H and O–H groups in total. The second kappa shape index (κ2) is 10.6. The lowest BCUT2D eigenvalue weighted by Crippen LogP contribution is -2.15. The predicted molar refractivity (Wildman–Crippen MR) is 119 cm³/mol. The van der Waals surface area contributed by atoms with E-state index in [1.807, 2.05) is 32.2 Å². The summed E-state index contributed by atoms with van der Waals surface area (Å²) >= 11 is 13.4. The Kier molecular flexibility index (Phi) is 7.84. The second-order valence-corrected chi connectivity index (χ2v) is 7.87. The zero-order chi connectivity index (χ0) is 21.5. The zero-order valence-corrected chi connectivity index (χ0v) is 18.7. The number of carbonyl (C=O) groups excluding carboxylic acids is 1. The molecule has 0 fully saturated rings. The summed E-state index contributed by atoms with van der Waals surface area (Å²) in [7, 11) is 1.81. The lowest BCUT2D eigenvalue weighted by atomic mass is 10.3. The number of thioether (sulfide) groups is 1. The zero-order valence-electron chi connectivity index (χ0n) is 16.4. The average molecular weight is 467 g/mol. The molecule has 0 atom stereocenters. The fourth-order valence-electron chi connectivity index (χ4n) is 2.49. The van der Waals surface area contributed by atoms with E-state index < -0.39 is 0 Å². The number of hydrogen-bond donors (Lipinski definition) is 1. The van der Waals surface area contributed by atoms with Gasteiger partial charge < -0.3 is 19.4 Å². The first kappa shape index (κ1) is 22.3. The topological polar surface area (TPSA) is 78.3 Å². The minimum absolute atomic E-state index is 0.165. The monoisotopic (exact) mass is 466 g/mol. The Balaban J connectivity index is 1.56. The molecule has 0 aliphatic carbocycles. The highest BCUT2D eigenvalue weighted by Crippen LogP contribution is 2.28. The Morgan fingerprint density at radius 1 is 1.13 bits per heavy atom. The van der Waals surface area contributed by atoms with E-state index in [0.29, 0.717) is 44.8 Å². The summed E-state index contributed by atoms with van der Waals surface area (Å²) in [5.41, 5.74) is 0.635. The average Bonchev–Trinajstić information content (AvgIpc) is 3.08. The molecule has 0 bridgehead atoms. The van der Waals surface area contributed by atoms with Gasteiger partial charge in [-0.25, -0.2) is 0 Å². The highest BCUT2D eigenvalue weighted by atomic mass is 35.5. The fourth-order valence-corrected chi connectivity index (χ4v) is 3.56. The number of nitrogens with one attached hydrogen (secondary N) is 1. The molecule has 3 aromatic rings. The fraction of sp³-hybridized carbons (Fsp3) is 0.250. The Labute approximate surface area is 188 Å². The Hall–Kier alpha value is -2.42. The molecular weight excluding hydrogens is 447 g/mol. The van der Waals surface area contributed by atoms with Crippen LogP contribution in [0.1, 0.15) is 12.7 Å². The van der Waals surface area contributed by atoms with Crippen molar-refractivity contribution in [2.45, 2.75) is 18.7 Å². The molecule has 1 aromatic heterocycles. The third-order valence-electron chi connectivity index (χ3n) is 3.97. The molecule has 158 valence electrons. The van der Waals surface area contributed by atoms with Crippen molar-refractivity contribution in [3.8, 4) is 11.5 Å². The number of anilines is 1. The van der Waals surface area contributed by atoms with Gasteiger partial charge in [0.2, 0.25) is 5.91 Å². The number of amides is 1. The predicted octanol–water partition coefficient (Wildman–Crippen LogP) is 4.83. The van der Waals surface area contributed by atoms with Crippen LogP contribution in [0.3, 0.4) is 0 Å². The lowest BCUT2D eigenvalue weighted by molar-refractivity contribution is -0.113. The van der Waals surface area contributed by atoms with Crippen molar-refractivity contribution >= 4 is 46.6 Å². The number of halogens is 2. The Morgan fingerprint density at radius 2 is 1.93 bits per heavy atom. The van der Waals surface area contributed by atoms with E-state index in [9.17, 15) is 4.79 Å². The number of rotatable bonds is 9. The van der Waals surface area contributed by atoms with E-state index in [2.05, 4.69) is 15.5 Å². The van der Waals surface area contributed by atoms with Crippen LogP contribution in [0.2, 0.25) is 10.0 Å². The minimum atomic E-state index is -0.168. The number of benzene rings is 2. The number of carbonyl (C=O) groups is 1. The summed E-state index contributed by atoms with van der Waals surface area (Å²) in [6.07, 6.45) is 0. The first-order valence-corrected chi connectivity index (χ1v) is 10.8. The van der Waals surface area contributed by atoms with Crippen molar-refractivity contribution in [2.75, 3.05) is 17.7 Å². The maximum atomic E-state index is 12.3. The van der Waals surface area contributed by atoms with Gasteiger partial charge in [0.05, 0.1) is 23.1 Å². The van der Waals surface area contributed by atoms with E-state index in [1.54, 1.807) is 28.8 Å². The maximum absolute atomic E-state index is 12.3. The van der Waals surface area contributed by atoms with E-state index in [4.69, 9.17) is 32.7 Å². The summed E-state index contributed by atoms with van der Waals surface area (Å²) in [5.74, 6) is 1.70. The molecule has 0 aliphatic heterocycles. The molecule has 30 heavy (non-hydrogen) atoms. The molecule has 3 rings (SSSR count). The third kappa shape index (κ3) is 5.81. The van der Waals surface area contributed by atoms with Gasteiger partial charge in [-0.1, -0.05) is 47.1 Å². The van der Waals surface area contributed by atoms with Crippen molar-refractivity contribution in [1.29, 1.82) is 0 Å². The normalized spacial score (nSPS) is 10.7. The lowest BCUT2D eigenvalue weighted by Gasteiger charge is -2.11. The highest BCUT2D eigenvalue weighted by Gasteiger charge is 2.14. The molecule has 1 heterocycles. The van der Waals surface area contributed by atoms with Crippen LogP contribution < -0.4 is 14.8 Å². The van der Waals surface area contributed by atoms with Gasteiger partial charge in [0, 0.05) is 18.1 Å². The van der Waals surface area contributed by atoms with Crippen molar-refractivity contribution in [3.05, 3.63) is 58.3 Å². The van der Waals surface area contributed by atoms with Gasteiger partial charge in [-0.2, -0.15) is 0 Å². The quantitative estimate of drug-likeness (QED) is 0.455. The number of aromatic nitrogens is 3. The summed E-state index contributed by atoms with van der Waals surface area (Å²) in [4.78, 5) is 12.3. The molecule has 7 nitrogen and oxygen atoms in total. The maximum Gasteiger partial charge on any atom is 0.234 e. The minimum Gasteiger partial charge on any atom is -0.492 e. The number of hydrogen-bond acceptors (Lipinski definition) is 6. The highest BCUT2D eigenvalue weighted by molar-refractivity contribution is 7.99. The van der Waals surface area contributed by atoms with Crippen LogP contribution in [-0.4, -0.2) is 33.0 Å². The smallest absolute Gasteiger partial charge is 0.234 e. The van der Waals surface area contributed by atoms with Crippen LogP contribution >= 0.6 is 35.0 Å². The molecule has 2 aromatic carbocycles. The molecule has 0 unspecified atom stereocenters. The van der Waals surface area contributed by atoms with Crippen molar-refractivity contribution < 1.29 is 14.3 Å². The van der Waals surface area contributed by atoms with Gasteiger partial charge in [-0.3, -0.25) is 4.79 Å². The standard InChI is InChI=1S/C20H20Cl2N4O3S/c1-3-28-16-7-5-4-6-15(16)23-19(27)12-30-20-25-24-18(26(20)2)11-29-17-10-13(21)8-9-14(17)22/h4-10H,3,11-12H2,1-2H3,(H,23,27). The number of ether oxygens (including phenoxy) is 2. The van der Waals surface area contributed by atoms with Crippen molar-refractivity contribution in [3.63, 3.8) is 0 Å². The first-order chi connectivity index (χ1) is 14.5. The third-order valence-corrected chi connectivity index (χ3v) is 5.54. The van der Waals surface area contributed by atoms with Gasteiger partial charge in [0.25, 0.3) is 0 Å². The number of nitrogens with zero attached hydrogens (tertiary/aromatic N) is 3. The van der Waals surface area contributed by atoms with E-state index >= 15 is 0 Å². The molecular formula is C20H20Cl2N4O3S. The van der Waals surface area contributed by atoms with Crippen LogP contribution in [0.25, 0.3) is 0 Å². The van der Waals surface area contributed by atoms with Crippen molar-refractivity contribution in [1.82, 2.24) is 14.8 Å². The molecule has 10 heteroatoms. The SMILES string of the molecule is CCOc1ccccc1NC(=O)CSc1nnc(COc2cc(Cl)ccc2Cl)n1C. The largest absolute Gasteiger partial charge is 0.492 e. The summed E-state index contributed by atoms with van der Waals surface area (Å²) in [6.45, 7) is 2.58. The van der Waals surface area contributed by atoms with Gasteiger partial charge in [-0.05, 0) is 31.2 Å². The van der Waals surface area contributed by atoms with Crippen LogP contribution in [0, 0.1) is 0 Å². The Bertz CT molecular complexity index is 1030. The van der Waals surface area contributed by atoms with Crippen molar-refractivity contribution in [2.24, 2.45) is 7.05 Å². The molecule has 0 saturated heterocycles. The van der Waals surface area contributed by atoms with Gasteiger partial charge >= 0.3 is 0 Å². The molecule has 0 spiro atoms. The molecule has 0 saturated carbocycles. The Morgan fingerprint density at radius 3 is 2.73 bits per heavy atom. The molecule has 0 aliphatic rings. The van der Waals surface area contributed by atoms with Crippen LogP contribution in [0.4, 0.5) is 5.69 Å². The summed E-state index contributed by atoms with van der Waals surface area (Å²) < 4.78 is 13.0. The van der Waals surface area contributed by atoms with Gasteiger partial charge in [-0.15, -0.1) is 10.2 Å². The van der Waals surface area contributed by atoms with Gasteiger partial charge in [0.1, 0.15) is 18.1 Å². The number of para-hydroxylation sites is 2. The summed E-state index contributed by atoms with van der Waals surface area (Å²) in [5, 5.41) is 12.7. The first-order valence-electron chi connectivity index (χ1n) is 9.08. The van der Waals surface area contributed by atoms with E-state index in [1.165, 1.54) is 11.8 Å². The van der Waals surface area contributed by atoms with E-state index in [0.717, 1.165) is 0 Å². The van der Waals surface area contributed by atoms with Crippen LogP contribution in [-0.2, 0) is 18.4 Å². The second-order valence-electron chi connectivity index (χ2n) is 6.09. The summed E-state index contributed by atoms with van der Waals surface area (Å²) in [6, 6.07) is 12.3. The molecule has 0 radical (unpaired) electrons. The van der Waals surface area contributed by atoms with Gasteiger partial charge in [0.15, 0.2) is 11.0 Å². The van der Waals surface area contributed by atoms with E-state index in [-0.39, 0.29) is 18.3 Å².